The Hall–Kier alpha value is -3.82. The van der Waals surface area contributed by atoms with Crippen LogP contribution in [0.5, 0.6) is 23.0 Å². The van der Waals surface area contributed by atoms with Crippen molar-refractivity contribution >= 4 is 17.8 Å². The first-order chi connectivity index (χ1) is 13.4. The summed E-state index contributed by atoms with van der Waals surface area (Å²) in [5.74, 6) is -0.00701. The van der Waals surface area contributed by atoms with Crippen molar-refractivity contribution in [3.05, 3.63) is 52.1 Å². The first-order valence-electron chi connectivity index (χ1n) is 8.17. The highest BCUT2D eigenvalue weighted by Crippen LogP contribution is 2.36. The zero-order valence-corrected chi connectivity index (χ0v) is 15.2. The minimum absolute atomic E-state index is 0.0826. The van der Waals surface area contributed by atoms with Gasteiger partial charge in [-0.05, 0) is 37.3 Å². The number of benzene rings is 2. The van der Waals surface area contributed by atoms with Crippen molar-refractivity contribution in [2.75, 3.05) is 20.3 Å². The van der Waals surface area contributed by atoms with Gasteiger partial charge in [-0.2, -0.15) is 5.10 Å². The van der Waals surface area contributed by atoms with E-state index in [0.29, 0.717) is 18.1 Å². The molecule has 0 bridgehead atoms. The quantitative estimate of drug-likeness (QED) is 0.382. The van der Waals surface area contributed by atoms with E-state index < -0.39 is 22.3 Å². The van der Waals surface area contributed by atoms with Crippen LogP contribution in [-0.4, -0.2) is 42.5 Å². The molecule has 28 heavy (non-hydrogen) atoms. The van der Waals surface area contributed by atoms with E-state index in [-0.39, 0.29) is 17.9 Å². The molecule has 1 amide bonds. The fourth-order valence-electron chi connectivity index (χ4n) is 2.14. The number of carbonyl (C=O) groups is 1. The van der Waals surface area contributed by atoms with Gasteiger partial charge in [0.15, 0.2) is 12.4 Å². The maximum absolute atomic E-state index is 11.8. The number of nitro groups is 1. The molecule has 2 rings (SSSR count). The summed E-state index contributed by atoms with van der Waals surface area (Å²) in [5, 5.41) is 24.4. The van der Waals surface area contributed by atoms with Crippen molar-refractivity contribution in [3.63, 3.8) is 0 Å². The minimum atomic E-state index is -0.752. The summed E-state index contributed by atoms with van der Waals surface area (Å²) in [7, 11) is 1.26. The Labute approximate surface area is 160 Å². The zero-order chi connectivity index (χ0) is 20.5. The van der Waals surface area contributed by atoms with Crippen LogP contribution in [0.4, 0.5) is 5.69 Å². The van der Waals surface area contributed by atoms with Crippen molar-refractivity contribution in [1.82, 2.24) is 5.43 Å². The van der Waals surface area contributed by atoms with E-state index in [1.54, 1.807) is 24.3 Å². The third kappa shape index (κ3) is 5.59. The van der Waals surface area contributed by atoms with E-state index in [2.05, 4.69) is 10.5 Å². The smallest absolute Gasteiger partial charge is 0.315 e. The Kier molecular flexibility index (Phi) is 7.14. The van der Waals surface area contributed by atoms with Crippen molar-refractivity contribution in [1.29, 1.82) is 0 Å². The van der Waals surface area contributed by atoms with Gasteiger partial charge >= 0.3 is 5.69 Å². The number of nitrogens with zero attached hydrogens (tertiary/aromatic N) is 2. The number of hydrogen-bond donors (Lipinski definition) is 2. The zero-order valence-electron chi connectivity index (χ0n) is 15.2. The molecule has 0 atom stereocenters. The molecule has 0 spiro atoms. The summed E-state index contributed by atoms with van der Waals surface area (Å²) in [6.45, 7) is 2.16. The third-order valence-electron chi connectivity index (χ3n) is 3.40. The maximum atomic E-state index is 11.8. The van der Waals surface area contributed by atoms with Crippen molar-refractivity contribution in [3.8, 4) is 23.0 Å². The lowest BCUT2D eigenvalue weighted by molar-refractivity contribution is -0.386. The maximum Gasteiger partial charge on any atom is 0.315 e. The molecule has 0 saturated carbocycles. The topological polar surface area (TPSA) is 133 Å². The number of phenolic OH excluding ortho intramolecular Hbond substituents is 1. The molecular weight excluding hydrogens is 370 g/mol. The summed E-state index contributed by atoms with van der Waals surface area (Å²) in [6, 6.07) is 9.23. The highest BCUT2D eigenvalue weighted by Gasteiger charge is 2.19. The Morgan fingerprint density at radius 1 is 1.25 bits per heavy atom. The van der Waals surface area contributed by atoms with E-state index in [0.717, 1.165) is 6.07 Å². The van der Waals surface area contributed by atoms with Gasteiger partial charge in [-0.3, -0.25) is 14.9 Å². The predicted octanol–water partition coefficient (Wildman–Crippen LogP) is 2.24. The molecule has 0 saturated heterocycles. The molecule has 0 aliphatic rings. The average molecular weight is 389 g/mol. The number of rotatable bonds is 9. The molecule has 148 valence electrons. The highest BCUT2D eigenvalue weighted by molar-refractivity contribution is 5.85. The summed E-state index contributed by atoms with van der Waals surface area (Å²) in [4.78, 5) is 22.0. The lowest BCUT2D eigenvalue weighted by Crippen LogP contribution is -2.24. The number of methoxy groups -OCH3 is 1. The van der Waals surface area contributed by atoms with Gasteiger partial charge in [0.05, 0.1) is 24.9 Å². The van der Waals surface area contributed by atoms with Crippen LogP contribution >= 0.6 is 0 Å². The van der Waals surface area contributed by atoms with Gasteiger partial charge in [-0.15, -0.1) is 0 Å². The minimum Gasteiger partial charge on any atom is -0.500 e. The van der Waals surface area contributed by atoms with Crippen LogP contribution in [0, 0.1) is 10.1 Å². The van der Waals surface area contributed by atoms with E-state index in [1.807, 2.05) is 6.92 Å². The second kappa shape index (κ2) is 9.76. The van der Waals surface area contributed by atoms with E-state index in [1.165, 1.54) is 19.4 Å². The number of nitro benzene ring substituents is 1. The summed E-state index contributed by atoms with van der Waals surface area (Å²) in [5.41, 5.74) is 1.96. The number of aromatic hydroxyl groups is 1. The first kappa shape index (κ1) is 20.5. The second-order valence-corrected chi connectivity index (χ2v) is 5.33. The molecule has 10 heteroatoms. The molecule has 0 aliphatic carbocycles. The van der Waals surface area contributed by atoms with Gasteiger partial charge in [0, 0.05) is 11.6 Å². The lowest BCUT2D eigenvalue weighted by Gasteiger charge is -2.07. The molecule has 2 aromatic rings. The van der Waals surface area contributed by atoms with Crippen LogP contribution in [0.1, 0.15) is 12.5 Å². The molecular formula is C18H19N3O7. The Morgan fingerprint density at radius 2 is 1.89 bits per heavy atom. The van der Waals surface area contributed by atoms with Crippen LogP contribution in [0.3, 0.4) is 0 Å². The third-order valence-corrected chi connectivity index (χ3v) is 3.40. The number of hydrazone groups is 1. The number of carbonyl (C=O) groups excluding carboxylic acids is 1. The number of amides is 1. The van der Waals surface area contributed by atoms with Crippen LogP contribution in [0.2, 0.25) is 0 Å². The van der Waals surface area contributed by atoms with Gasteiger partial charge in [0.25, 0.3) is 5.91 Å². The molecule has 10 nitrogen and oxygen atoms in total. The monoisotopic (exact) mass is 389 g/mol. The first-order valence-corrected chi connectivity index (χ1v) is 8.17. The molecule has 0 aliphatic heterocycles. The average Bonchev–Trinajstić information content (AvgIpc) is 2.68. The SMILES string of the molecule is CCOc1ccc(OCC(=O)N/N=C/c2cc(OC)c(O)c([N+](=O)[O-])c2)cc1. The number of nitrogens with one attached hydrogen (secondary N) is 1. The number of hydrogen-bond acceptors (Lipinski definition) is 8. The van der Waals surface area contributed by atoms with Crippen molar-refractivity contribution in [2.24, 2.45) is 5.10 Å². The number of ether oxygens (including phenoxy) is 3. The van der Waals surface area contributed by atoms with Crippen LogP contribution in [-0.2, 0) is 4.79 Å². The summed E-state index contributed by atoms with van der Waals surface area (Å²) < 4.78 is 15.5. The van der Waals surface area contributed by atoms with Crippen LogP contribution in [0.15, 0.2) is 41.5 Å². The molecule has 0 radical (unpaired) electrons. The standard InChI is InChI=1S/C18H19N3O7/c1-3-27-13-4-6-14(7-5-13)28-11-17(22)20-19-10-12-8-15(21(24)25)18(23)16(9-12)26-2/h4-10,23H,3,11H2,1-2H3,(H,20,22)/b19-10+. The van der Waals surface area contributed by atoms with Crippen molar-refractivity contribution in [2.45, 2.75) is 6.92 Å². The summed E-state index contributed by atoms with van der Waals surface area (Å²) >= 11 is 0. The van der Waals surface area contributed by atoms with Crippen LogP contribution in [0.25, 0.3) is 0 Å². The highest BCUT2D eigenvalue weighted by atomic mass is 16.6. The largest absolute Gasteiger partial charge is 0.500 e. The van der Waals surface area contributed by atoms with E-state index in [4.69, 9.17) is 14.2 Å². The Bertz CT molecular complexity index is 866. The normalized spacial score (nSPS) is 10.5. The lowest BCUT2D eigenvalue weighted by atomic mass is 10.2. The Morgan fingerprint density at radius 3 is 2.46 bits per heavy atom. The fraction of sp³-hybridized carbons (Fsp3) is 0.222. The fourth-order valence-corrected chi connectivity index (χ4v) is 2.14. The second-order valence-electron chi connectivity index (χ2n) is 5.33. The predicted molar refractivity (Wildman–Crippen MR) is 100 cm³/mol. The molecule has 2 N–H and O–H groups in total. The number of phenols is 1. The van der Waals surface area contributed by atoms with Gasteiger partial charge in [0.1, 0.15) is 11.5 Å². The molecule has 0 aromatic heterocycles. The van der Waals surface area contributed by atoms with Gasteiger partial charge in [0.2, 0.25) is 5.75 Å². The van der Waals surface area contributed by atoms with Gasteiger partial charge in [-0.1, -0.05) is 0 Å². The van der Waals surface area contributed by atoms with Crippen LogP contribution < -0.4 is 19.6 Å². The summed E-state index contributed by atoms with van der Waals surface area (Å²) in [6.07, 6.45) is 1.18. The van der Waals surface area contributed by atoms with Gasteiger partial charge < -0.3 is 19.3 Å². The van der Waals surface area contributed by atoms with Crippen molar-refractivity contribution < 1.29 is 29.0 Å². The van der Waals surface area contributed by atoms with Gasteiger partial charge in [-0.25, -0.2) is 5.43 Å². The molecule has 0 fully saturated rings. The molecule has 2 aromatic carbocycles. The van der Waals surface area contributed by atoms with E-state index in [9.17, 15) is 20.0 Å². The molecule has 0 heterocycles. The Balaban J connectivity index is 1.92. The van der Waals surface area contributed by atoms with E-state index >= 15 is 0 Å². The molecule has 0 unspecified atom stereocenters.